The highest BCUT2D eigenvalue weighted by Crippen LogP contribution is 2.40. The van der Waals surface area contributed by atoms with Gasteiger partial charge in [0.1, 0.15) is 11.3 Å². The zero-order valence-electron chi connectivity index (χ0n) is 12.1. The van der Waals surface area contributed by atoms with Crippen LogP contribution in [0, 0.1) is 5.92 Å². The molecule has 1 aliphatic heterocycles. The molecule has 5 nitrogen and oxygen atoms in total. The first-order chi connectivity index (χ1) is 10.2. The first-order valence-electron chi connectivity index (χ1n) is 7.80. The number of hydrogen-bond acceptors (Lipinski definition) is 5. The molecule has 2 aromatic heterocycles. The molecular formula is C16H20N4O. The van der Waals surface area contributed by atoms with Crippen molar-refractivity contribution in [3.63, 3.8) is 0 Å². The quantitative estimate of drug-likeness (QED) is 0.869. The first kappa shape index (κ1) is 13.0. The molecule has 0 unspecified atom stereocenters. The van der Waals surface area contributed by atoms with E-state index < -0.39 is 5.60 Å². The van der Waals surface area contributed by atoms with Gasteiger partial charge in [0, 0.05) is 31.4 Å². The number of nitrogens with zero attached hydrogens (tertiary/aromatic N) is 4. The fourth-order valence-corrected chi connectivity index (χ4v) is 3.80. The molecule has 2 aliphatic rings. The van der Waals surface area contributed by atoms with Gasteiger partial charge in [-0.3, -0.25) is 4.98 Å². The second-order valence-electron chi connectivity index (χ2n) is 6.31. The maximum absolute atomic E-state index is 10.8. The molecular weight excluding hydrogens is 264 g/mol. The molecule has 0 spiro atoms. The lowest BCUT2D eigenvalue weighted by Gasteiger charge is -2.47. The van der Waals surface area contributed by atoms with Crippen LogP contribution in [0.2, 0.25) is 0 Å². The Morgan fingerprint density at radius 3 is 3.00 bits per heavy atom. The van der Waals surface area contributed by atoms with Gasteiger partial charge < -0.3 is 10.0 Å². The molecule has 4 rings (SSSR count). The summed E-state index contributed by atoms with van der Waals surface area (Å²) < 4.78 is 0. The van der Waals surface area contributed by atoms with Gasteiger partial charge in [0.25, 0.3) is 0 Å². The highest BCUT2D eigenvalue weighted by atomic mass is 16.3. The van der Waals surface area contributed by atoms with Crippen LogP contribution in [0.5, 0.6) is 0 Å². The molecule has 1 aliphatic carbocycles. The number of piperidine rings is 1. The van der Waals surface area contributed by atoms with Crippen LogP contribution >= 0.6 is 0 Å². The third-order valence-electron chi connectivity index (χ3n) is 5.07. The molecule has 0 aromatic carbocycles. The molecule has 0 bridgehead atoms. The van der Waals surface area contributed by atoms with Gasteiger partial charge in [-0.2, -0.15) is 0 Å². The molecule has 0 amide bonds. The number of pyridine rings is 1. The zero-order chi connectivity index (χ0) is 14.3. The molecule has 2 atom stereocenters. The standard InChI is InChI=1S/C16H20N4O/c21-16-6-2-1-3-12(16)11-20(10-7-16)14-5-4-13-15(19-14)18-9-8-17-13/h4-5,8-9,12,21H,1-3,6-7,10-11H2/t12-,16-/m0/s1. The number of aliphatic hydroxyl groups is 1. The lowest BCUT2D eigenvalue weighted by molar-refractivity contribution is -0.0613. The first-order valence-corrected chi connectivity index (χ1v) is 7.80. The van der Waals surface area contributed by atoms with Crippen LogP contribution in [-0.2, 0) is 0 Å². The molecule has 1 N–H and O–H groups in total. The van der Waals surface area contributed by atoms with Gasteiger partial charge >= 0.3 is 0 Å². The number of hydrogen-bond donors (Lipinski definition) is 1. The van der Waals surface area contributed by atoms with Crippen molar-refractivity contribution in [3.05, 3.63) is 24.5 Å². The average Bonchev–Trinajstić information content (AvgIpc) is 2.53. The van der Waals surface area contributed by atoms with Gasteiger partial charge in [0.05, 0.1) is 5.60 Å². The zero-order valence-corrected chi connectivity index (χ0v) is 12.1. The summed E-state index contributed by atoms with van der Waals surface area (Å²) in [5, 5.41) is 10.8. The maximum atomic E-state index is 10.8. The molecule has 1 saturated heterocycles. The van der Waals surface area contributed by atoms with E-state index in [0.717, 1.165) is 50.1 Å². The van der Waals surface area contributed by atoms with E-state index in [1.807, 2.05) is 12.1 Å². The van der Waals surface area contributed by atoms with E-state index in [9.17, 15) is 5.11 Å². The van der Waals surface area contributed by atoms with Crippen LogP contribution in [-0.4, -0.2) is 38.7 Å². The Bertz CT molecular complexity index is 662. The second-order valence-corrected chi connectivity index (χ2v) is 6.31. The van der Waals surface area contributed by atoms with Crippen molar-refractivity contribution in [1.82, 2.24) is 15.0 Å². The fraction of sp³-hybridized carbons (Fsp3) is 0.562. The number of fused-ring (bicyclic) bond motifs is 2. The lowest BCUT2D eigenvalue weighted by Crippen LogP contribution is -2.53. The maximum Gasteiger partial charge on any atom is 0.180 e. The van der Waals surface area contributed by atoms with Crippen LogP contribution in [0.15, 0.2) is 24.5 Å². The fourth-order valence-electron chi connectivity index (χ4n) is 3.80. The summed E-state index contributed by atoms with van der Waals surface area (Å²) in [5.74, 6) is 1.33. The average molecular weight is 284 g/mol. The number of anilines is 1. The minimum atomic E-state index is -0.439. The van der Waals surface area contributed by atoms with Crippen LogP contribution in [0.4, 0.5) is 5.82 Å². The second kappa shape index (κ2) is 4.91. The van der Waals surface area contributed by atoms with Crippen molar-refractivity contribution in [1.29, 1.82) is 0 Å². The predicted molar refractivity (Wildman–Crippen MR) is 81.1 cm³/mol. The van der Waals surface area contributed by atoms with E-state index in [1.165, 1.54) is 6.42 Å². The van der Waals surface area contributed by atoms with E-state index >= 15 is 0 Å². The van der Waals surface area contributed by atoms with Crippen molar-refractivity contribution in [2.24, 2.45) is 5.92 Å². The summed E-state index contributed by atoms with van der Waals surface area (Å²) in [6.45, 7) is 1.76. The van der Waals surface area contributed by atoms with E-state index in [-0.39, 0.29) is 0 Å². The highest BCUT2D eigenvalue weighted by Gasteiger charge is 2.42. The van der Waals surface area contributed by atoms with E-state index in [2.05, 4.69) is 19.9 Å². The summed E-state index contributed by atoms with van der Waals surface area (Å²) in [5.41, 5.74) is 1.08. The molecule has 0 radical (unpaired) electrons. The Hall–Kier alpha value is -1.75. The van der Waals surface area contributed by atoms with Gasteiger partial charge in [-0.15, -0.1) is 0 Å². The summed E-state index contributed by atoms with van der Waals surface area (Å²) in [7, 11) is 0. The van der Waals surface area contributed by atoms with Crippen molar-refractivity contribution < 1.29 is 5.11 Å². The summed E-state index contributed by atoms with van der Waals surface area (Å²) >= 11 is 0. The lowest BCUT2D eigenvalue weighted by atomic mass is 9.71. The van der Waals surface area contributed by atoms with E-state index in [4.69, 9.17) is 0 Å². The van der Waals surface area contributed by atoms with Crippen LogP contribution in [0.1, 0.15) is 32.1 Å². The van der Waals surface area contributed by atoms with E-state index in [1.54, 1.807) is 12.4 Å². The monoisotopic (exact) mass is 284 g/mol. The van der Waals surface area contributed by atoms with Crippen LogP contribution in [0.3, 0.4) is 0 Å². The minimum absolute atomic E-state index is 0.374. The Kier molecular flexibility index (Phi) is 3.03. The van der Waals surface area contributed by atoms with Crippen molar-refractivity contribution >= 4 is 17.0 Å². The minimum Gasteiger partial charge on any atom is -0.389 e. The summed E-state index contributed by atoms with van der Waals surface area (Å²) in [6, 6.07) is 4.00. The number of aromatic nitrogens is 3. The van der Waals surface area contributed by atoms with Crippen molar-refractivity contribution in [2.75, 3.05) is 18.0 Å². The molecule has 2 fully saturated rings. The van der Waals surface area contributed by atoms with Gasteiger partial charge in [-0.05, 0) is 31.4 Å². The molecule has 5 heteroatoms. The Morgan fingerprint density at radius 1 is 1.14 bits per heavy atom. The van der Waals surface area contributed by atoms with Crippen molar-refractivity contribution in [3.8, 4) is 0 Å². The van der Waals surface area contributed by atoms with E-state index in [0.29, 0.717) is 11.6 Å². The largest absolute Gasteiger partial charge is 0.389 e. The molecule has 3 heterocycles. The van der Waals surface area contributed by atoms with Gasteiger partial charge in [0.15, 0.2) is 5.65 Å². The molecule has 110 valence electrons. The summed E-state index contributed by atoms with van der Waals surface area (Å²) in [4.78, 5) is 15.5. The van der Waals surface area contributed by atoms with Gasteiger partial charge in [-0.1, -0.05) is 12.8 Å². The highest BCUT2D eigenvalue weighted by molar-refractivity contribution is 5.71. The molecule has 1 saturated carbocycles. The Labute approximate surface area is 124 Å². The SMILES string of the molecule is O[C@]12CCCC[C@H]1CN(c1ccc3nccnc3n1)CC2. The smallest absolute Gasteiger partial charge is 0.180 e. The summed E-state index contributed by atoms with van der Waals surface area (Å²) in [6.07, 6.45) is 8.69. The third kappa shape index (κ3) is 2.25. The Balaban J connectivity index is 1.61. The van der Waals surface area contributed by atoms with Gasteiger partial charge in [0.2, 0.25) is 0 Å². The predicted octanol–water partition coefficient (Wildman–Crippen LogP) is 2.16. The molecule has 2 aromatic rings. The number of rotatable bonds is 1. The molecule has 21 heavy (non-hydrogen) atoms. The van der Waals surface area contributed by atoms with Crippen LogP contribution < -0.4 is 4.90 Å². The van der Waals surface area contributed by atoms with Crippen molar-refractivity contribution in [2.45, 2.75) is 37.7 Å². The topological polar surface area (TPSA) is 62.1 Å². The third-order valence-corrected chi connectivity index (χ3v) is 5.07. The van der Waals surface area contributed by atoms with Crippen LogP contribution in [0.25, 0.3) is 11.2 Å². The normalized spacial score (nSPS) is 29.4. The van der Waals surface area contributed by atoms with Gasteiger partial charge in [-0.25, -0.2) is 9.97 Å². The Morgan fingerprint density at radius 2 is 2.05 bits per heavy atom.